The Hall–Kier alpha value is -1.16. The fourth-order valence-electron chi connectivity index (χ4n) is 1.21. The minimum absolute atomic E-state index is 0.191. The van der Waals surface area contributed by atoms with E-state index in [4.69, 9.17) is 10.5 Å². The van der Waals surface area contributed by atoms with E-state index in [9.17, 15) is 8.42 Å². The zero-order valence-electron chi connectivity index (χ0n) is 9.80. The summed E-state index contributed by atoms with van der Waals surface area (Å²) in [5, 5.41) is 3.97. The molecule has 0 amide bonds. The molecule has 0 aliphatic carbocycles. The largest absolute Gasteiger partial charge is 0.383 e. The number of anilines is 1. The molecule has 0 unspecified atom stereocenters. The number of aromatic nitrogens is 2. The van der Waals surface area contributed by atoms with Gasteiger partial charge < -0.3 is 10.5 Å². The second kappa shape index (κ2) is 5.96. The van der Waals surface area contributed by atoms with E-state index in [1.165, 1.54) is 11.8 Å². The first-order valence-electron chi connectivity index (χ1n) is 4.97. The van der Waals surface area contributed by atoms with Crippen LogP contribution < -0.4 is 15.2 Å². The molecule has 1 aromatic rings. The van der Waals surface area contributed by atoms with Gasteiger partial charge in [-0.25, -0.2) is 0 Å². The molecule has 9 heteroatoms. The smallest absolute Gasteiger partial charge is 0.300 e. The van der Waals surface area contributed by atoms with Crippen molar-refractivity contribution in [1.29, 1.82) is 0 Å². The second-order valence-corrected chi connectivity index (χ2v) is 4.87. The Kier molecular flexibility index (Phi) is 4.87. The van der Waals surface area contributed by atoms with Crippen molar-refractivity contribution in [3.63, 3.8) is 0 Å². The number of nitrogens with one attached hydrogen (secondary N) is 2. The molecule has 1 rings (SSSR count). The molecule has 0 spiro atoms. The topological polar surface area (TPSA) is 111 Å². The predicted molar refractivity (Wildman–Crippen MR) is 63.5 cm³/mol. The van der Waals surface area contributed by atoms with E-state index < -0.39 is 10.2 Å². The van der Waals surface area contributed by atoms with Gasteiger partial charge in [0.15, 0.2) is 5.82 Å². The molecule has 0 saturated carbocycles. The second-order valence-electron chi connectivity index (χ2n) is 3.37. The number of methoxy groups -OCH3 is 1. The zero-order valence-corrected chi connectivity index (χ0v) is 10.6. The highest BCUT2D eigenvalue weighted by Crippen LogP contribution is 2.12. The molecule has 1 aromatic heterocycles. The molecule has 0 bridgehead atoms. The van der Waals surface area contributed by atoms with Crippen molar-refractivity contribution in [3.8, 4) is 0 Å². The first-order chi connectivity index (χ1) is 7.98. The minimum atomic E-state index is -3.64. The summed E-state index contributed by atoms with van der Waals surface area (Å²) < 4.78 is 34.0. The number of hydrogen-bond donors (Lipinski definition) is 3. The van der Waals surface area contributed by atoms with Crippen LogP contribution in [0.4, 0.5) is 5.82 Å². The van der Waals surface area contributed by atoms with Gasteiger partial charge in [-0.1, -0.05) is 0 Å². The van der Waals surface area contributed by atoms with Crippen molar-refractivity contribution in [3.05, 3.63) is 11.8 Å². The maximum atomic E-state index is 11.6. The highest BCUT2D eigenvalue weighted by molar-refractivity contribution is 7.90. The van der Waals surface area contributed by atoms with Crippen molar-refractivity contribution >= 4 is 16.0 Å². The summed E-state index contributed by atoms with van der Waals surface area (Å²) in [4.78, 5) is 0. The van der Waals surface area contributed by atoms with Gasteiger partial charge >= 0.3 is 0 Å². The summed E-state index contributed by atoms with van der Waals surface area (Å²) in [6.07, 6.45) is 1.66. The van der Waals surface area contributed by atoms with E-state index in [-0.39, 0.29) is 18.9 Å². The number of nitrogens with two attached hydrogens (primary N) is 1. The van der Waals surface area contributed by atoms with Gasteiger partial charge in [-0.2, -0.15) is 18.2 Å². The third-order valence-electron chi connectivity index (χ3n) is 1.95. The van der Waals surface area contributed by atoms with Crippen LogP contribution in [-0.4, -0.2) is 38.5 Å². The van der Waals surface area contributed by atoms with Gasteiger partial charge in [0.25, 0.3) is 10.2 Å². The standard InChI is InChI=1S/C8H17N5O3S/c1-13-6-7(5-9)8(11-13)12-17(14,15)10-3-4-16-2/h6,10H,3-5,9H2,1-2H3,(H,11,12). The average molecular weight is 263 g/mol. The van der Waals surface area contributed by atoms with Crippen LogP contribution in [-0.2, 0) is 28.5 Å². The summed E-state index contributed by atoms with van der Waals surface area (Å²) >= 11 is 0. The molecule has 0 atom stereocenters. The van der Waals surface area contributed by atoms with Gasteiger partial charge in [-0.15, -0.1) is 0 Å². The normalized spacial score (nSPS) is 11.7. The third-order valence-corrected chi connectivity index (χ3v) is 3.00. The van der Waals surface area contributed by atoms with Gasteiger partial charge in [-0.3, -0.25) is 9.40 Å². The third kappa shape index (κ3) is 4.30. The van der Waals surface area contributed by atoms with Crippen molar-refractivity contribution in [1.82, 2.24) is 14.5 Å². The summed E-state index contributed by atoms with van der Waals surface area (Å²) in [5.74, 6) is 0.236. The van der Waals surface area contributed by atoms with Crippen LogP contribution in [0, 0.1) is 0 Å². The van der Waals surface area contributed by atoms with E-state index in [1.54, 1.807) is 13.2 Å². The predicted octanol–water partition coefficient (Wildman–Crippen LogP) is -1.23. The van der Waals surface area contributed by atoms with E-state index in [1.807, 2.05) is 0 Å². The lowest BCUT2D eigenvalue weighted by molar-refractivity contribution is 0.204. The summed E-state index contributed by atoms with van der Waals surface area (Å²) in [5.41, 5.74) is 6.11. The van der Waals surface area contributed by atoms with Crippen LogP contribution in [0.15, 0.2) is 6.20 Å². The molecule has 0 aliphatic rings. The molecular weight excluding hydrogens is 246 g/mol. The quantitative estimate of drug-likeness (QED) is 0.533. The van der Waals surface area contributed by atoms with E-state index >= 15 is 0 Å². The lowest BCUT2D eigenvalue weighted by Gasteiger charge is -2.07. The van der Waals surface area contributed by atoms with E-state index in [0.29, 0.717) is 12.2 Å². The minimum Gasteiger partial charge on any atom is -0.383 e. The average Bonchev–Trinajstić information content (AvgIpc) is 2.58. The lowest BCUT2D eigenvalue weighted by Crippen LogP contribution is -2.33. The van der Waals surface area contributed by atoms with Gasteiger partial charge in [0, 0.05) is 39.0 Å². The lowest BCUT2D eigenvalue weighted by atomic mass is 10.3. The maximum absolute atomic E-state index is 11.6. The number of nitrogens with zero attached hydrogens (tertiary/aromatic N) is 2. The van der Waals surface area contributed by atoms with Crippen LogP contribution in [0.25, 0.3) is 0 Å². The summed E-state index contributed by atoms with van der Waals surface area (Å²) in [7, 11) is -0.455. The van der Waals surface area contributed by atoms with Crippen molar-refractivity contribution < 1.29 is 13.2 Å². The SMILES string of the molecule is COCCNS(=O)(=O)Nc1nn(C)cc1CN. The Morgan fingerprint density at radius 2 is 2.29 bits per heavy atom. The van der Waals surface area contributed by atoms with Crippen LogP contribution in [0.5, 0.6) is 0 Å². The number of aryl methyl sites for hydroxylation is 1. The Balaban J connectivity index is 2.69. The zero-order chi connectivity index (χ0) is 12.9. The Labute approximate surface area is 100 Å². The molecule has 98 valence electrons. The van der Waals surface area contributed by atoms with Crippen LogP contribution in [0.1, 0.15) is 5.56 Å². The molecule has 4 N–H and O–H groups in total. The molecule has 0 aliphatic heterocycles. The maximum Gasteiger partial charge on any atom is 0.300 e. The Bertz CT molecular complexity index is 456. The van der Waals surface area contributed by atoms with Crippen molar-refractivity contribution in [2.45, 2.75) is 6.54 Å². The van der Waals surface area contributed by atoms with Gasteiger partial charge in [0.2, 0.25) is 0 Å². The van der Waals surface area contributed by atoms with Gasteiger partial charge in [-0.05, 0) is 0 Å². The van der Waals surface area contributed by atoms with E-state index in [2.05, 4.69) is 14.5 Å². The van der Waals surface area contributed by atoms with Crippen LogP contribution in [0.3, 0.4) is 0 Å². The Morgan fingerprint density at radius 3 is 2.88 bits per heavy atom. The van der Waals surface area contributed by atoms with E-state index in [0.717, 1.165) is 0 Å². The van der Waals surface area contributed by atoms with Gasteiger partial charge in [0.05, 0.1) is 6.61 Å². The van der Waals surface area contributed by atoms with Crippen molar-refractivity contribution in [2.24, 2.45) is 12.8 Å². The summed E-state index contributed by atoms with van der Waals surface area (Å²) in [6, 6.07) is 0. The molecule has 0 saturated heterocycles. The van der Waals surface area contributed by atoms with Gasteiger partial charge in [0.1, 0.15) is 0 Å². The number of hydrogen-bond acceptors (Lipinski definition) is 5. The molecule has 0 fully saturated rings. The monoisotopic (exact) mass is 263 g/mol. The van der Waals surface area contributed by atoms with Crippen LogP contribution in [0.2, 0.25) is 0 Å². The number of ether oxygens (including phenoxy) is 1. The van der Waals surface area contributed by atoms with Crippen LogP contribution >= 0.6 is 0 Å². The number of rotatable bonds is 7. The highest BCUT2D eigenvalue weighted by Gasteiger charge is 2.14. The highest BCUT2D eigenvalue weighted by atomic mass is 32.2. The molecule has 17 heavy (non-hydrogen) atoms. The molecule has 0 aromatic carbocycles. The fraction of sp³-hybridized carbons (Fsp3) is 0.625. The first-order valence-corrected chi connectivity index (χ1v) is 6.45. The fourth-order valence-corrected chi connectivity index (χ4v) is 2.06. The summed E-state index contributed by atoms with van der Waals surface area (Å²) in [6.45, 7) is 0.702. The first kappa shape index (κ1) is 13.9. The Morgan fingerprint density at radius 1 is 1.59 bits per heavy atom. The van der Waals surface area contributed by atoms with Crippen molar-refractivity contribution in [2.75, 3.05) is 25.0 Å². The molecule has 0 radical (unpaired) electrons. The molecule has 1 heterocycles. The molecular formula is C8H17N5O3S. The molecule has 8 nitrogen and oxygen atoms in total.